The Bertz CT molecular complexity index is 973. The summed E-state index contributed by atoms with van der Waals surface area (Å²) in [4.78, 5) is 25.5. The molecule has 0 aliphatic carbocycles. The summed E-state index contributed by atoms with van der Waals surface area (Å²) in [6, 6.07) is 12.3. The van der Waals surface area contributed by atoms with Crippen LogP contribution >= 0.6 is 0 Å². The van der Waals surface area contributed by atoms with Crippen LogP contribution in [0, 0.1) is 0 Å². The minimum atomic E-state index is -3.89. The van der Waals surface area contributed by atoms with Gasteiger partial charge in [-0.05, 0) is 56.3 Å². The van der Waals surface area contributed by atoms with Crippen LogP contribution in [0.15, 0.2) is 53.4 Å². The Labute approximate surface area is 176 Å². The van der Waals surface area contributed by atoms with Gasteiger partial charge in [0, 0.05) is 24.3 Å². The van der Waals surface area contributed by atoms with E-state index in [1.807, 2.05) is 6.92 Å². The number of ether oxygens (including phenoxy) is 2. The summed E-state index contributed by atoms with van der Waals surface area (Å²) in [6.45, 7) is 4.71. The lowest BCUT2D eigenvalue weighted by Crippen LogP contribution is -2.33. The Morgan fingerprint density at radius 1 is 1.07 bits per heavy atom. The highest BCUT2D eigenvalue weighted by Crippen LogP contribution is 2.20. The minimum absolute atomic E-state index is 0.0359. The largest absolute Gasteiger partial charge is 0.494 e. The van der Waals surface area contributed by atoms with Gasteiger partial charge in [0.25, 0.3) is 15.9 Å². The number of sulfonamides is 1. The number of nitrogens with one attached hydrogen (secondary N) is 1. The number of amides is 1. The SMILES string of the molecule is CCOc1ccc(NS(=O)(=O)c2cccc(C(=O)N(CC)CCC(=O)OC)c2)cc1. The first kappa shape index (κ1) is 23.2. The molecule has 0 radical (unpaired) electrons. The summed E-state index contributed by atoms with van der Waals surface area (Å²) in [5, 5.41) is 0. The van der Waals surface area contributed by atoms with E-state index in [9.17, 15) is 18.0 Å². The van der Waals surface area contributed by atoms with Crippen LogP contribution in [0.1, 0.15) is 30.6 Å². The van der Waals surface area contributed by atoms with E-state index in [0.29, 0.717) is 24.6 Å². The van der Waals surface area contributed by atoms with E-state index < -0.39 is 16.0 Å². The van der Waals surface area contributed by atoms with Crippen LogP contribution in [0.2, 0.25) is 0 Å². The number of carbonyl (C=O) groups excluding carboxylic acids is 2. The predicted molar refractivity (Wildman–Crippen MR) is 113 cm³/mol. The molecule has 8 nitrogen and oxygen atoms in total. The molecule has 0 bridgehead atoms. The Hall–Kier alpha value is -3.07. The number of anilines is 1. The Kier molecular flexibility index (Phi) is 8.23. The van der Waals surface area contributed by atoms with Crippen molar-refractivity contribution >= 4 is 27.6 Å². The first-order valence-electron chi connectivity index (χ1n) is 9.52. The first-order chi connectivity index (χ1) is 14.3. The van der Waals surface area contributed by atoms with Crippen LogP contribution in [0.4, 0.5) is 5.69 Å². The summed E-state index contributed by atoms with van der Waals surface area (Å²) in [5.74, 6) is -0.142. The number of benzene rings is 2. The molecule has 9 heteroatoms. The zero-order chi connectivity index (χ0) is 22.1. The lowest BCUT2D eigenvalue weighted by Gasteiger charge is -2.20. The van der Waals surface area contributed by atoms with E-state index in [1.54, 1.807) is 37.3 Å². The molecular weight excluding hydrogens is 408 g/mol. The fourth-order valence-electron chi connectivity index (χ4n) is 2.71. The lowest BCUT2D eigenvalue weighted by atomic mass is 10.2. The number of carbonyl (C=O) groups is 2. The van der Waals surface area contributed by atoms with E-state index in [0.717, 1.165) is 0 Å². The third-order valence-electron chi connectivity index (χ3n) is 4.29. The van der Waals surface area contributed by atoms with Gasteiger partial charge in [-0.3, -0.25) is 14.3 Å². The van der Waals surface area contributed by atoms with Crippen molar-refractivity contribution in [2.24, 2.45) is 0 Å². The van der Waals surface area contributed by atoms with Crippen LogP contribution in [-0.4, -0.2) is 52.0 Å². The summed E-state index contributed by atoms with van der Waals surface area (Å²) in [6.07, 6.45) is 0.0629. The van der Waals surface area contributed by atoms with Crippen LogP contribution in [0.5, 0.6) is 5.75 Å². The molecule has 0 atom stereocenters. The summed E-state index contributed by atoms with van der Waals surface area (Å²) >= 11 is 0. The van der Waals surface area contributed by atoms with Gasteiger partial charge in [-0.1, -0.05) is 6.07 Å². The highest BCUT2D eigenvalue weighted by Gasteiger charge is 2.20. The van der Waals surface area contributed by atoms with Crippen molar-refractivity contribution in [3.8, 4) is 5.75 Å². The zero-order valence-corrected chi connectivity index (χ0v) is 18.1. The van der Waals surface area contributed by atoms with Gasteiger partial charge in [-0.2, -0.15) is 0 Å². The lowest BCUT2D eigenvalue weighted by molar-refractivity contribution is -0.140. The van der Waals surface area contributed by atoms with E-state index >= 15 is 0 Å². The first-order valence-corrected chi connectivity index (χ1v) is 11.0. The molecule has 0 spiro atoms. The average Bonchev–Trinajstić information content (AvgIpc) is 2.75. The predicted octanol–water partition coefficient (Wildman–Crippen LogP) is 2.91. The van der Waals surface area contributed by atoms with Crippen molar-refractivity contribution in [1.82, 2.24) is 4.90 Å². The third kappa shape index (κ3) is 6.21. The monoisotopic (exact) mass is 434 g/mol. The van der Waals surface area contributed by atoms with E-state index in [2.05, 4.69) is 9.46 Å². The molecule has 162 valence electrons. The maximum atomic E-state index is 12.8. The molecule has 0 unspecified atom stereocenters. The fourth-order valence-corrected chi connectivity index (χ4v) is 3.81. The van der Waals surface area contributed by atoms with Gasteiger partial charge >= 0.3 is 5.97 Å². The van der Waals surface area contributed by atoms with Crippen LogP contribution in [-0.2, 0) is 19.6 Å². The van der Waals surface area contributed by atoms with Gasteiger partial charge in [0.1, 0.15) is 5.75 Å². The van der Waals surface area contributed by atoms with E-state index in [-0.39, 0.29) is 29.3 Å². The van der Waals surface area contributed by atoms with E-state index in [4.69, 9.17) is 4.74 Å². The normalized spacial score (nSPS) is 10.9. The topological polar surface area (TPSA) is 102 Å². The molecule has 1 N–H and O–H groups in total. The molecule has 0 saturated carbocycles. The smallest absolute Gasteiger partial charge is 0.307 e. The quantitative estimate of drug-likeness (QED) is 0.577. The van der Waals surface area contributed by atoms with Gasteiger partial charge in [0.05, 0.1) is 25.0 Å². The van der Waals surface area contributed by atoms with Crippen molar-refractivity contribution in [2.75, 3.05) is 31.5 Å². The number of nitrogens with zero attached hydrogens (tertiary/aromatic N) is 1. The number of rotatable bonds is 10. The van der Waals surface area contributed by atoms with Gasteiger partial charge < -0.3 is 14.4 Å². The van der Waals surface area contributed by atoms with Crippen molar-refractivity contribution in [2.45, 2.75) is 25.2 Å². The zero-order valence-electron chi connectivity index (χ0n) is 17.3. The van der Waals surface area contributed by atoms with Crippen LogP contribution < -0.4 is 9.46 Å². The van der Waals surface area contributed by atoms with Crippen molar-refractivity contribution in [3.63, 3.8) is 0 Å². The maximum absolute atomic E-state index is 12.8. The molecule has 0 aromatic heterocycles. The molecule has 0 fully saturated rings. The van der Waals surface area contributed by atoms with E-state index in [1.165, 1.54) is 30.2 Å². The molecule has 0 heterocycles. The second kappa shape index (κ2) is 10.6. The van der Waals surface area contributed by atoms with Gasteiger partial charge in [-0.25, -0.2) is 8.42 Å². The second-order valence-electron chi connectivity index (χ2n) is 6.30. The number of hydrogen-bond donors (Lipinski definition) is 1. The van der Waals surface area contributed by atoms with Gasteiger partial charge in [-0.15, -0.1) is 0 Å². The fraction of sp³-hybridized carbons (Fsp3) is 0.333. The molecule has 0 saturated heterocycles. The van der Waals surface area contributed by atoms with Gasteiger partial charge in [0.2, 0.25) is 0 Å². The molecule has 1 amide bonds. The van der Waals surface area contributed by atoms with Crippen molar-refractivity contribution in [1.29, 1.82) is 0 Å². The average molecular weight is 435 g/mol. The Balaban J connectivity index is 2.17. The summed E-state index contributed by atoms with van der Waals surface area (Å²) in [5.41, 5.74) is 0.597. The molecule has 30 heavy (non-hydrogen) atoms. The molecule has 0 aliphatic rings. The van der Waals surface area contributed by atoms with Crippen molar-refractivity contribution < 1.29 is 27.5 Å². The minimum Gasteiger partial charge on any atom is -0.494 e. The van der Waals surface area contributed by atoms with Crippen LogP contribution in [0.3, 0.4) is 0 Å². The molecule has 0 aliphatic heterocycles. The second-order valence-corrected chi connectivity index (χ2v) is 7.98. The molecule has 2 aromatic rings. The van der Waals surface area contributed by atoms with Crippen LogP contribution in [0.25, 0.3) is 0 Å². The van der Waals surface area contributed by atoms with Gasteiger partial charge in [0.15, 0.2) is 0 Å². The number of hydrogen-bond acceptors (Lipinski definition) is 6. The number of methoxy groups -OCH3 is 1. The highest BCUT2D eigenvalue weighted by molar-refractivity contribution is 7.92. The third-order valence-corrected chi connectivity index (χ3v) is 5.67. The Morgan fingerprint density at radius 2 is 1.77 bits per heavy atom. The number of esters is 1. The van der Waals surface area contributed by atoms with Crippen molar-refractivity contribution in [3.05, 3.63) is 54.1 Å². The highest BCUT2D eigenvalue weighted by atomic mass is 32.2. The maximum Gasteiger partial charge on any atom is 0.307 e. The Morgan fingerprint density at radius 3 is 2.37 bits per heavy atom. The summed E-state index contributed by atoms with van der Waals surface area (Å²) < 4.78 is 37.9. The standard InChI is InChI=1S/C21H26N2O6S/c1-4-23(14-13-20(24)28-3)21(25)16-7-6-8-19(15-16)30(26,27)22-17-9-11-18(12-10-17)29-5-2/h6-12,15,22H,4-5,13-14H2,1-3H3. The summed E-state index contributed by atoms with van der Waals surface area (Å²) in [7, 11) is -2.61. The molecule has 2 aromatic carbocycles. The molecule has 2 rings (SSSR count). The molecular formula is C21H26N2O6S.